The van der Waals surface area contributed by atoms with Crippen LogP contribution in [-0.2, 0) is 0 Å². The van der Waals surface area contributed by atoms with Crippen LogP contribution in [0.5, 0.6) is 0 Å². The minimum atomic E-state index is 0.813. The first-order valence-corrected chi connectivity index (χ1v) is 8.63. The molecule has 0 bridgehead atoms. The molecule has 0 aliphatic heterocycles. The number of nitrogens with zero attached hydrogens (tertiary/aromatic N) is 2. The summed E-state index contributed by atoms with van der Waals surface area (Å²) in [6.07, 6.45) is 2.00. The summed E-state index contributed by atoms with van der Waals surface area (Å²) in [5.74, 6) is 0. The Labute approximate surface area is 140 Å². The summed E-state index contributed by atoms with van der Waals surface area (Å²) in [6, 6.07) is 20.5. The standard InChI is InChI=1S/C19H19N3S/c1-2-9-17(15-10-5-3-6-11-15)21-22-19-20-18(14-23-19)16-12-7-4-8-13-16/h3-8,10-14H,2,9H2,1H3,(H,20,22)/b21-17+. The normalized spacial score (nSPS) is 11.4. The second kappa shape index (κ2) is 7.70. The SMILES string of the molecule is CCC/C(=N\Nc1nc(-c2ccccc2)cs1)c1ccccc1. The molecule has 0 unspecified atom stereocenters. The van der Waals surface area contributed by atoms with Gasteiger partial charge >= 0.3 is 0 Å². The minimum absolute atomic E-state index is 0.813. The number of hydrazone groups is 1. The highest BCUT2D eigenvalue weighted by atomic mass is 32.1. The van der Waals surface area contributed by atoms with Crippen molar-refractivity contribution in [1.29, 1.82) is 0 Å². The third-order valence-corrected chi connectivity index (χ3v) is 4.20. The lowest BCUT2D eigenvalue weighted by atomic mass is 10.1. The zero-order chi connectivity index (χ0) is 15.9. The van der Waals surface area contributed by atoms with Crippen molar-refractivity contribution in [2.45, 2.75) is 19.8 Å². The topological polar surface area (TPSA) is 37.3 Å². The maximum Gasteiger partial charge on any atom is 0.203 e. The Morgan fingerprint density at radius 3 is 2.43 bits per heavy atom. The highest BCUT2D eigenvalue weighted by Gasteiger charge is 2.05. The Balaban J connectivity index is 1.77. The molecule has 0 saturated carbocycles. The third-order valence-electron chi connectivity index (χ3n) is 3.45. The highest BCUT2D eigenvalue weighted by Crippen LogP contribution is 2.24. The van der Waals surface area contributed by atoms with E-state index in [1.165, 1.54) is 0 Å². The van der Waals surface area contributed by atoms with E-state index in [2.05, 4.69) is 52.1 Å². The van der Waals surface area contributed by atoms with Crippen LogP contribution >= 0.6 is 11.3 Å². The zero-order valence-corrected chi connectivity index (χ0v) is 13.9. The summed E-state index contributed by atoms with van der Waals surface area (Å²) < 4.78 is 0. The summed E-state index contributed by atoms with van der Waals surface area (Å²) in [4.78, 5) is 4.61. The van der Waals surface area contributed by atoms with Crippen molar-refractivity contribution < 1.29 is 0 Å². The van der Waals surface area contributed by atoms with Crippen LogP contribution in [-0.4, -0.2) is 10.7 Å². The molecule has 1 heterocycles. The van der Waals surface area contributed by atoms with Gasteiger partial charge in [0.05, 0.1) is 11.4 Å². The van der Waals surface area contributed by atoms with Gasteiger partial charge in [0.25, 0.3) is 0 Å². The smallest absolute Gasteiger partial charge is 0.203 e. The van der Waals surface area contributed by atoms with E-state index in [1.54, 1.807) is 11.3 Å². The number of hydrogen-bond acceptors (Lipinski definition) is 4. The van der Waals surface area contributed by atoms with E-state index in [1.807, 2.05) is 36.4 Å². The first-order chi connectivity index (χ1) is 11.4. The highest BCUT2D eigenvalue weighted by molar-refractivity contribution is 7.14. The van der Waals surface area contributed by atoms with Crippen molar-refractivity contribution in [2.75, 3.05) is 5.43 Å². The van der Waals surface area contributed by atoms with Crippen LogP contribution in [0.3, 0.4) is 0 Å². The molecule has 0 fully saturated rings. The van der Waals surface area contributed by atoms with Crippen LogP contribution in [0.25, 0.3) is 11.3 Å². The van der Waals surface area contributed by atoms with Crippen molar-refractivity contribution in [3.63, 3.8) is 0 Å². The van der Waals surface area contributed by atoms with E-state index < -0.39 is 0 Å². The van der Waals surface area contributed by atoms with Crippen molar-refractivity contribution in [3.05, 3.63) is 71.6 Å². The number of benzene rings is 2. The fraction of sp³-hybridized carbons (Fsp3) is 0.158. The number of aromatic nitrogens is 1. The lowest BCUT2D eigenvalue weighted by Gasteiger charge is -2.05. The average molecular weight is 321 g/mol. The van der Waals surface area contributed by atoms with Crippen molar-refractivity contribution in [1.82, 2.24) is 4.98 Å². The van der Waals surface area contributed by atoms with Crippen LogP contribution in [0, 0.1) is 0 Å². The van der Waals surface area contributed by atoms with Crippen molar-refractivity contribution >= 4 is 22.2 Å². The number of nitrogens with one attached hydrogen (secondary N) is 1. The maximum atomic E-state index is 4.61. The Hall–Kier alpha value is -2.46. The molecule has 0 saturated heterocycles. The van der Waals surface area contributed by atoms with E-state index in [0.717, 1.165) is 40.5 Å². The predicted molar refractivity (Wildman–Crippen MR) is 99.1 cm³/mol. The Kier molecular flexibility index (Phi) is 5.17. The van der Waals surface area contributed by atoms with Gasteiger partial charge in [0, 0.05) is 10.9 Å². The lowest BCUT2D eigenvalue weighted by molar-refractivity contribution is 0.987. The summed E-state index contributed by atoms with van der Waals surface area (Å²) in [5, 5.41) is 7.44. The van der Waals surface area contributed by atoms with Gasteiger partial charge in [-0.3, -0.25) is 5.43 Å². The molecule has 23 heavy (non-hydrogen) atoms. The van der Waals surface area contributed by atoms with Gasteiger partial charge < -0.3 is 0 Å². The van der Waals surface area contributed by atoms with E-state index in [0.29, 0.717) is 0 Å². The van der Waals surface area contributed by atoms with Crippen LogP contribution in [0.4, 0.5) is 5.13 Å². The van der Waals surface area contributed by atoms with Gasteiger partial charge in [-0.1, -0.05) is 74.0 Å². The van der Waals surface area contributed by atoms with Gasteiger partial charge in [-0.2, -0.15) is 5.10 Å². The zero-order valence-electron chi connectivity index (χ0n) is 13.1. The molecule has 4 heteroatoms. The van der Waals surface area contributed by atoms with Gasteiger partial charge in [0.15, 0.2) is 0 Å². The average Bonchev–Trinajstić information content (AvgIpc) is 3.09. The molecule has 0 aliphatic rings. The van der Waals surface area contributed by atoms with E-state index in [-0.39, 0.29) is 0 Å². The molecular formula is C19H19N3S. The van der Waals surface area contributed by atoms with Crippen LogP contribution in [0.2, 0.25) is 0 Å². The first kappa shape index (κ1) is 15.4. The van der Waals surface area contributed by atoms with Crippen LogP contribution < -0.4 is 5.43 Å². The van der Waals surface area contributed by atoms with Gasteiger partial charge in [-0.05, 0) is 12.0 Å². The molecule has 0 atom stereocenters. The Morgan fingerprint density at radius 2 is 1.74 bits per heavy atom. The predicted octanol–water partition coefficient (Wildman–Crippen LogP) is 5.43. The fourth-order valence-corrected chi connectivity index (χ4v) is 2.98. The van der Waals surface area contributed by atoms with Gasteiger partial charge in [0.1, 0.15) is 0 Å². The quantitative estimate of drug-likeness (QED) is 0.486. The Morgan fingerprint density at radius 1 is 1.04 bits per heavy atom. The summed E-state index contributed by atoms with van der Waals surface area (Å²) in [7, 11) is 0. The van der Waals surface area contributed by atoms with E-state index >= 15 is 0 Å². The molecule has 116 valence electrons. The molecule has 0 amide bonds. The largest absolute Gasteiger partial charge is 0.252 e. The van der Waals surface area contributed by atoms with Gasteiger partial charge in [0.2, 0.25) is 5.13 Å². The molecule has 3 rings (SSSR count). The van der Waals surface area contributed by atoms with Gasteiger partial charge in [-0.15, -0.1) is 11.3 Å². The minimum Gasteiger partial charge on any atom is -0.252 e. The summed E-state index contributed by atoms with van der Waals surface area (Å²) >= 11 is 1.57. The van der Waals surface area contributed by atoms with Gasteiger partial charge in [-0.25, -0.2) is 4.98 Å². The third kappa shape index (κ3) is 4.05. The second-order valence-electron chi connectivity index (χ2n) is 5.19. The molecule has 0 aliphatic carbocycles. The fourth-order valence-electron chi connectivity index (χ4n) is 2.31. The molecule has 3 nitrogen and oxygen atoms in total. The molecule has 2 aromatic carbocycles. The molecule has 0 spiro atoms. The molecule has 1 N–H and O–H groups in total. The van der Waals surface area contributed by atoms with E-state index in [4.69, 9.17) is 0 Å². The van der Waals surface area contributed by atoms with Crippen LogP contribution in [0.1, 0.15) is 25.3 Å². The molecule has 0 radical (unpaired) electrons. The van der Waals surface area contributed by atoms with Crippen molar-refractivity contribution in [2.24, 2.45) is 5.10 Å². The number of hydrogen-bond donors (Lipinski definition) is 1. The monoisotopic (exact) mass is 321 g/mol. The Bertz CT molecular complexity index is 764. The van der Waals surface area contributed by atoms with Crippen molar-refractivity contribution in [3.8, 4) is 11.3 Å². The maximum absolute atomic E-state index is 4.61. The summed E-state index contributed by atoms with van der Waals surface area (Å²) in [6.45, 7) is 2.16. The number of rotatable bonds is 6. The number of thiazole rings is 1. The summed E-state index contributed by atoms with van der Waals surface area (Å²) in [5.41, 5.74) is 7.43. The van der Waals surface area contributed by atoms with Crippen LogP contribution in [0.15, 0.2) is 71.1 Å². The molecular weight excluding hydrogens is 302 g/mol. The molecule has 1 aromatic heterocycles. The number of anilines is 1. The van der Waals surface area contributed by atoms with E-state index in [9.17, 15) is 0 Å². The second-order valence-corrected chi connectivity index (χ2v) is 6.05. The molecule has 3 aromatic rings. The first-order valence-electron chi connectivity index (χ1n) is 7.75. The lowest BCUT2D eigenvalue weighted by Crippen LogP contribution is -2.04.